The molecule has 23 heavy (non-hydrogen) atoms. The van der Waals surface area contributed by atoms with Crippen molar-refractivity contribution in [2.45, 2.75) is 37.1 Å². The number of sulfonamides is 1. The minimum absolute atomic E-state index is 0. The van der Waals surface area contributed by atoms with Crippen LogP contribution in [0.2, 0.25) is 10.0 Å². The highest BCUT2D eigenvalue weighted by Crippen LogP contribution is 2.34. The molecule has 0 bridgehead atoms. The van der Waals surface area contributed by atoms with E-state index in [0.717, 1.165) is 38.1 Å². The molecule has 1 fully saturated rings. The minimum atomic E-state index is -3.87. The van der Waals surface area contributed by atoms with Crippen LogP contribution in [0.3, 0.4) is 0 Å². The summed E-state index contributed by atoms with van der Waals surface area (Å²) in [6.07, 6.45) is 2.14. The molecule has 0 unspecified atom stereocenters. The maximum Gasteiger partial charge on any atom is 0.246 e. The molecule has 1 aromatic carbocycles. The zero-order valence-corrected chi connectivity index (χ0v) is 15.8. The van der Waals surface area contributed by atoms with Crippen LogP contribution in [0, 0.1) is 5.82 Å². The van der Waals surface area contributed by atoms with Crippen LogP contribution in [0.25, 0.3) is 0 Å². The van der Waals surface area contributed by atoms with Gasteiger partial charge in [-0.1, -0.05) is 30.1 Å². The lowest BCUT2D eigenvalue weighted by atomic mass is 10.1. The van der Waals surface area contributed by atoms with Gasteiger partial charge in [0.05, 0.1) is 10.0 Å². The first kappa shape index (κ1) is 20.9. The third kappa shape index (κ3) is 4.71. The number of hydrogen-bond donors (Lipinski definition) is 1. The van der Waals surface area contributed by atoms with Crippen molar-refractivity contribution in [2.24, 2.45) is 0 Å². The van der Waals surface area contributed by atoms with E-state index < -0.39 is 15.8 Å². The Bertz CT molecular complexity index is 614. The van der Waals surface area contributed by atoms with E-state index in [4.69, 9.17) is 23.2 Å². The average molecular weight is 406 g/mol. The van der Waals surface area contributed by atoms with Crippen molar-refractivity contribution >= 4 is 45.6 Å². The predicted molar refractivity (Wildman–Crippen MR) is 93.7 cm³/mol. The van der Waals surface area contributed by atoms with Gasteiger partial charge in [-0.25, -0.2) is 12.8 Å². The van der Waals surface area contributed by atoms with E-state index in [2.05, 4.69) is 5.32 Å². The molecule has 0 radical (unpaired) electrons. The summed E-state index contributed by atoms with van der Waals surface area (Å²) in [6.45, 7) is 3.84. The monoisotopic (exact) mass is 404 g/mol. The third-order valence-corrected chi connectivity index (χ3v) is 6.56. The van der Waals surface area contributed by atoms with Crippen molar-refractivity contribution in [1.82, 2.24) is 9.62 Å². The van der Waals surface area contributed by atoms with Crippen molar-refractivity contribution in [3.8, 4) is 0 Å². The van der Waals surface area contributed by atoms with Gasteiger partial charge in [-0.15, -0.1) is 12.4 Å². The fourth-order valence-electron chi connectivity index (χ4n) is 2.71. The van der Waals surface area contributed by atoms with E-state index in [1.165, 1.54) is 4.31 Å². The SMILES string of the molecule is CCCN(C1CCNCC1)S(=O)(=O)c1c(Cl)cc(F)cc1Cl.Cl. The molecule has 0 saturated carbocycles. The molecule has 1 aromatic rings. The number of hydrogen-bond acceptors (Lipinski definition) is 3. The number of rotatable bonds is 5. The number of nitrogens with one attached hydrogen (secondary N) is 1. The molecule has 132 valence electrons. The number of nitrogens with zero attached hydrogens (tertiary/aromatic N) is 1. The summed E-state index contributed by atoms with van der Waals surface area (Å²) < 4.78 is 40.7. The molecule has 0 aliphatic carbocycles. The van der Waals surface area contributed by atoms with E-state index in [1.54, 1.807) is 0 Å². The van der Waals surface area contributed by atoms with Crippen molar-refractivity contribution < 1.29 is 12.8 Å². The molecule has 1 N–H and O–H groups in total. The second-order valence-corrected chi connectivity index (χ2v) is 7.94. The lowest BCUT2D eigenvalue weighted by Gasteiger charge is -2.34. The van der Waals surface area contributed by atoms with Crippen LogP contribution >= 0.6 is 35.6 Å². The summed E-state index contributed by atoms with van der Waals surface area (Å²) in [7, 11) is -3.87. The van der Waals surface area contributed by atoms with Crippen LogP contribution in [0.4, 0.5) is 4.39 Å². The molecule has 1 aliphatic heterocycles. The Morgan fingerprint density at radius 2 is 1.78 bits per heavy atom. The average Bonchev–Trinajstić information content (AvgIpc) is 2.44. The van der Waals surface area contributed by atoms with Crippen molar-refractivity contribution in [3.05, 3.63) is 28.0 Å². The Kier molecular flexibility index (Phi) is 8.04. The zero-order chi connectivity index (χ0) is 16.3. The number of piperidine rings is 1. The molecule has 2 rings (SSSR count). The fourth-order valence-corrected chi connectivity index (χ4v) is 5.62. The Labute approximate surface area is 152 Å². The standard InChI is InChI=1S/C14H19Cl2FN2O2S.ClH/c1-2-7-19(11-3-5-18-6-4-11)22(20,21)14-12(15)8-10(17)9-13(14)16;/h8-9,11,18H,2-7H2,1H3;1H. The number of benzene rings is 1. The summed E-state index contributed by atoms with van der Waals surface area (Å²) in [5, 5.41) is 2.85. The third-order valence-electron chi connectivity index (χ3n) is 3.69. The summed E-state index contributed by atoms with van der Waals surface area (Å²) in [5.41, 5.74) is 0. The van der Waals surface area contributed by atoms with Gasteiger partial charge in [0.15, 0.2) is 0 Å². The summed E-state index contributed by atoms with van der Waals surface area (Å²) in [6, 6.07) is 1.86. The topological polar surface area (TPSA) is 49.4 Å². The molecule has 1 saturated heterocycles. The summed E-state index contributed by atoms with van der Waals surface area (Å²) in [5.74, 6) is -0.655. The first-order chi connectivity index (χ1) is 10.4. The smallest absolute Gasteiger partial charge is 0.246 e. The van der Waals surface area contributed by atoms with E-state index in [0.29, 0.717) is 13.0 Å². The van der Waals surface area contributed by atoms with Crippen LogP contribution in [0.1, 0.15) is 26.2 Å². The number of halogens is 4. The van der Waals surface area contributed by atoms with Gasteiger partial charge in [0.1, 0.15) is 10.7 Å². The van der Waals surface area contributed by atoms with Gasteiger partial charge in [-0.05, 0) is 44.5 Å². The Balaban J connectivity index is 0.00000264. The first-order valence-electron chi connectivity index (χ1n) is 7.25. The molecule has 0 aromatic heterocycles. The molecule has 1 aliphatic rings. The van der Waals surface area contributed by atoms with Gasteiger partial charge in [0.25, 0.3) is 0 Å². The van der Waals surface area contributed by atoms with Gasteiger partial charge >= 0.3 is 0 Å². The van der Waals surface area contributed by atoms with Crippen LogP contribution in [0.15, 0.2) is 17.0 Å². The van der Waals surface area contributed by atoms with Crippen LogP contribution in [0.5, 0.6) is 0 Å². The van der Waals surface area contributed by atoms with E-state index in [1.807, 2.05) is 6.92 Å². The highest BCUT2D eigenvalue weighted by atomic mass is 35.5. The van der Waals surface area contributed by atoms with Gasteiger partial charge in [-0.3, -0.25) is 0 Å². The highest BCUT2D eigenvalue weighted by molar-refractivity contribution is 7.89. The predicted octanol–water partition coefficient (Wildman–Crippen LogP) is 3.71. The van der Waals surface area contributed by atoms with Gasteiger partial charge in [0.2, 0.25) is 10.0 Å². The zero-order valence-electron chi connectivity index (χ0n) is 12.7. The van der Waals surface area contributed by atoms with Crippen LogP contribution < -0.4 is 5.32 Å². The van der Waals surface area contributed by atoms with Crippen molar-refractivity contribution in [1.29, 1.82) is 0 Å². The maximum absolute atomic E-state index is 13.3. The second kappa shape index (κ2) is 8.83. The second-order valence-electron chi connectivity index (χ2n) is 5.30. The minimum Gasteiger partial charge on any atom is -0.317 e. The summed E-state index contributed by atoms with van der Waals surface area (Å²) >= 11 is 11.9. The van der Waals surface area contributed by atoms with Crippen molar-refractivity contribution in [2.75, 3.05) is 19.6 Å². The molecule has 0 spiro atoms. The van der Waals surface area contributed by atoms with E-state index >= 15 is 0 Å². The highest BCUT2D eigenvalue weighted by Gasteiger charge is 2.34. The fraction of sp³-hybridized carbons (Fsp3) is 0.571. The largest absolute Gasteiger partial charge is 0.317 e. The Morgan fingerprint density at radius 3 is 2.26 bits per heavy atom. The molecule has 1 heterocycles. The summed E-state index contributed by atoms with van der Waals surface area (Å²) in [4.78, 5) is -0.204. The van der Waals surface area contributed by atoms with E-state index in [-0.39, 0.29) is 33.4 Å². The first-order valence-corrected chi connectivity index (χ1v) is 9.44. The quantitative estimate of drug-likeness (QED) is 0.812. The molecule has 0 atom stereocenters. The Hall–Kier alpha value is -0.110. The molecular formula is C14H20Cl3FN2O2S. The van der Waals surface area contributed by atoms with E-state index in [9.17, 15) is 12.8 Å². The van der Waals surface area contributed by atoms with Crippen molar-refractivity contribution in [3.63, 3.8) is 0 Å². The lowest BCUT2D eigenvalue weighted by Crippen LogP contribution is -2.46. The molecule has 9 heteroatoms. The van der Waals surface area contributed by atoms with Crippen LogP contribution in [-0.4, -0.2) is 38.4 Å². The van der Waals surface area contributed by atoms with Gasteiger partial charge in [0, 0.05) is 12.6 Å². The van der Waals surface area contributed by atoms with Gasteiger partial charge in [-0.2, -0.15) is 4.31 Å². The normalized spacial score (nSPS) is 16.4. The van der Waals surface area contributed by atoms with Crippen LogP contribution in [-0.2, 0) is 10.0 Å². The molecule has 0 amide bonds. The lowest BCUT2D eigenvalue weighted by molar-refractivity contribution is 0.262. The molecule has 4 nitrogen and oxygen atoms in total. The van der Waals surface area contributed by atoms with Gasteiger partial charge < -0.3 is 5.32 Å². The Morgan fingerprint density at radius 1 is 1.26 bits per heavy atom. The molecular weight excluding hydrogens is 386 g/mol. The maximum atomic E-state index is 13.3.